The lowest BCUT2D eigenvalue weighted by Gasteiger charge is -2.04. The maximum absolute atomic E-state index is 12.9. The van der Waals surface area contributed by atoms with Crippen LogP contribution in [0, 0.1) is 17.6 Å². The van der Waals surface area contributed by atoms with Crippen molar-refractivity contribution in [2.75, 3.05) is 11.5 Å². The molecule has 0 bridgehead atoms. The third kappa shape index (κ3) is 36.8. The van der Waals surface area contributed by atoms with Gasteiger partial charge in [-0.3, -0.25) is 9.59 Å². The molecule has 0 aliphatic rings. The van der Waals surface area contributed by atoms with Crippen molar-refractivity contribution in [1.82, 2.24) is 5.32 Å². The van der Waals surface area contributed by atoms with Gasteiger partial charge in [0.25, 0.3) is 0 Å². The molecule has 1 atom stereocenters. The van der Waals surface area contributed by atoms with E-state index in [1.807, 2.05) is 80.4 Å². The summed E-state index contributed by atoms with van der Waals surface area (Å²) < 4.78 is 25.5. The van der Waals surface area contributed by atoms with Crippen LogP contribution in [0.2, 0.25) is 0 Å². The van der Waals surface area contributed by atoms with E-state index >= 15 is 0 Å². The predicted molar refractivity (Wildman–Crippen MR) is 181 cm³/mol. The molecule has 0 saturated heterocycles. The lowest BCUT2D eigenvalue weighted by molar-refractivity contribution is -0.121. The molecule has 2 amide bonds. The highest BCUT2D eigenvalue weighted by molar-refractivity contribution is 7.99. The number of hydrogen-bond donors (Lipinski definition) is 3. The fourth-order valence-corrected chi connectivity index (χ4v) is 2.91. The number of nitrogens with two attached hydrogens (primary N) is 1. The fourth-order valence-electron chi connectivity index (χ4n) is 2.20. The molecule has 0 aromatic heterocycles. The van der Waals surface area contributed by atoms with Gasteiger partial charge in [-0.2, -0.15) is 11.8 Å². The van der Waals surface area contributed by atoms with Crippen molar-refractivity contribution in [3.63, 3.8) is 0 Å². The van der Waals surface area contributed by atoms with Crippen molar-refractivity contribution < 1.29 is 28.3 Å². The molecule has 0 radical (unpaired) electrons. The minimum Gasteiger partial charge on any atom is -0.513 e. The van der Waals surface area contributed by atoms with Gasteiger partial charge < -0.3 is 21.0 Å². The van der Waals surface area contributed by atoms with Crippen molar-refractivity contribution >= 4 is 35.9 Å². The third-order valence-corrected chi connectivity index (χ3v) is 5.27. The van der Waals surface area contributed by atoms with Crippen molar-refractivity contribution in [3.05, 3.63) is 78.7 Å². The summed E-state index contributed by atoms with van der Waals surface area (Å²) in [7, 11) is 0. The number of amides is 2. The van der Waals surface area contributed by atoms with Gasteiger partial charge in [0.1, 0.15) is 6.79 Å². The van der Waals surface area contributed by atoms with Crippen molar-refractivity contribution in [2.24, 2.45) is 11.7 Å². The minimum absolute atomic E-state index is 0.0356. The molecule has 9 heteroatoms. The summed E-state index contributed by atoms with van der Waals surface area (Å²) in [5.41, 5.74) is 6.54. The highest BCUT2D eigenvalue weighted by atomic mass is 32.2. The molecule has 1 aromatic rings. The summed E-state index contributed by atoms with van der Waals surface area (Å²) in [5.74, 6) is -0.410. The van der Waals surface area contributed by atoms with E-state index in [-0.39, 0.29) is 23.5 Å². The Bertz CT molecular complexity index is 860. The molecule has 0 aliphatic heterocycles. The van der Waals surface area contributed by atoms with Gasteiger partial charge in [-0.1, -0.05) is 92.8 Å². The van der Waals surface area contributed by atoms with E-state index in [0.717, 1.165) is 23.8 Å². The van der Waals surface area contributed by atoms with Gasteiger partial charge >= 0.3 is 0 Å². The van der Waals surface area contributed by atoms with E-state index in [0.29, 0.717) is 24.2 Å². The van der Waals surface area contributed by atoms with Crippen molar-refractivity contribution in [1.29, 1.82) is 0 Å². The molecule has 1 aromatic carbocycles. The molecule has 1 rings (SSSR count). The van der Waals surface area contributed by atoms with E-state index in [2.05, 4.69) is 25.4 Å². The number of aliphatic hydroxyl groups excluding tert-OH is 1. The first kappa shape index (κ1) is 51.5. The number of nitrogens with one attached hydrogen (secondary N) is 1. The maximum Gasteiger partial charge on any atom is 0.233 e. The zero-order valence-corrected chi connectivity index (χ0v) is 28.5. The molecule has 0 spiro atoms. The Morgan fingerprint density at radius 3 is 1.95 bits per heavy atom. The molecule has 1 unspecified atom stereocenters. The molecule has 0 aliphatic carbocycles. The average molecular weight is 617 g/mol. The topological polar surface area (TPSA) is 109 Å². The number of primary amides is 1. The molecular formula is C33H58F2N2O4S. The quantitative estimate of drug-likeness (QED) is 0.130. The van der Waals surface area contributed by atoms with Crippen LogP contribution < -0.4 is 11.1 Å². The van der Waals surface area contributed by atoms with Gasteiger partial charge in [0, 0.05) is 12.3 Å². The number of thioether (sulfide) groups is 1. The normalized spacial score (nSPS) is 9.76. The summed E-state index contributed by atoms with van der Waals surface area (Å²) in [5, 5.41) is 11.1. The number of allylic oxidation sites excluding steroid dienone is 5. The minimum atomic E-state index is -0.815. The predicted octanol–water partition coefficient (Wildman–Crippen LogP) is 9.19. The standard InChI is InChI=1S/C12H12F2.C7H13NO2.C7H13NOS.3C2H6.CH2O/c1-3-5-9(4-2)10-6-7-11(13)12(14)8-10;1-5(7(8)10)3-4-6(2)9;1-3-5-10-6-7(9)8-4-2;4*1-2/h3-8H,1-2H3;5,9H,2-4H2,1H3,(H2,8,10);4H,2-3,5-6H2,1H3,(H,8,9);3*1-2H3;1H2/b5-3+,9-4+;;;;;;. The third-order valence-electron chi connectivity index (χ3n) is 4.11. The Kier molecular flexibility index (Phi) is 51.9. The molecule has 0 heterocycles. The molecule has 4 N–H and O–H groups in total. The number of carbonyl (C=O) groups is 3. The molecule has 42 heavy (non-hydrogen) atoms. The van der Waals surface area contributed by atoms with Crippen LogP contribution in [0.25, 0.3) is 5.57 Å². The molecule has 6 nitrogen and oxygen atoms in total. The monoisotopic (exact) mass is 616 g/mol. The zero-order chi connectivity index (χ0) is 34.5. The second kappa shape index (κ2) is 42.3. The summed E-state index contributed by atoms with van der Waals surface area (Å²) >= 11 is 1.64. The number of carbonyl (C=O) groups excluding carboxylic acids is 3. The first-order chi connectivity index (χ1) is 20.0. The van der Waals surface area contributed by atoms with Crippen LogP contribution in [0.15, 0.2) is 61.5 Å². The van der Waals surface area contributed by atoms with Crippen LogP contribution in [-0.4, -0.2) is 35.2 Å². The maximum atomic E-state index is 12.9. The number of aliphatic hydroxyl groups is 1. The van der Waals surface area contributed by atoms with Gasteiger partial charge in [0.2, 0.25) is 11.8 Å². The van der Waals surface area contributed by atoms with Gasteiger partial charge in [0.05, 0.1) is 11.5 Å². The highest BCUT2D eigenvalue weighted by Gasteiger charge is 2.07. The number of rotatable bonds is 11. The fraction of sp³-hybridized carbons (Fsp3) is 0.485. The first-order valence-electron chi connectivity index (χ1n) is 14.2. The summed E-state index contributed by atoms with van der Waals surface area (Å²) in [4.78, 5) is 29.1. The van der Waals surface area contributed by atoms with Gasteiger partial charge in [-0.05, 0) is 61.9 Å². The second-order valence-electron chi connectivity index (χ2n) is 7.11. The molecule has 0 saturated carbocycles. The van der Waals surface area contributed by atoms with E-state index in [9.17, 15) is 18.4 Å². The lowest BCUT2D eigenvalue weighted by Crippen LogP contribution is -2.20. The highest BCUT2D eigenvalue weighted by Crippen LogP contribution is 2.18. The van der Waals surface area contributed by atoms with E-state index in [1.165, 1.54) is 12.3 Å². The molecular weight excluding hydrogens is 558 g/mol. The Labute approximate surface area is 259 Å². The Morgan fingerprint density at radius 1 is 1.07 bits per heavy atom. The van der Waals surface area contributed by atoms with E-state index in [1.54, 1.807) is 24.8 Å². The number of benzene rings is 1. The molecule has 0 fully saturated rings. The Morgan fingerprint density at radius 2 is 1.60 bits per heavy atom. The van der Waals surface area contributed by atoms with Crippen LogP contribution in [-0.2, 0) is 14.4 Å². The van der Waals surface area contributed by atoms with Crippen LogP contribution >= 0.6 is 11.8 Å². The Hall–Kier alpha value is -3.20. The van der Waals surface area contributed by atoms with Crippen LogP contribution in [0.3, 0.4) is 0 Å². The zero-order valence-electron chi connectivity index (χ0n) is 27.7. The second-order valence-corrected chi connectivity index (χ2v) is 8.21. The van der Waals surface area contributed by atoms with E-state index in [4.69, 9.17) is 15.6 Å². The smallest absolute Gasteiger partial charge is 0.233 e. The number of halogens is 2. The van der Waals surface area contributed by atoms with E-state index < -0.39 is 11.6 Å². The SMILES string of the molecule is C/C=C/C(=C\C)c1ccc(F)c(F)c1.C=C(O)CCC(C)C(N)=O.C=CNC(=O)CSCCC.C=O.CC.CC.CC. The van der Waals surface area contributed by atoms with Crippen LogP contribution in [0.4, 0.5) is 8.78 Å². The summed E-state index contributed by atoms with van der Waals surface area (Å²) in [6.07, 6.45) is 9.12. The Balaban J connectivity index is -0.000000105. The van der Waals surface area contributed by atoms with Gasteiger partial charge in [-0.25, -0.2) is 8.78 Å². The van der Waals surface area contributed by atoms with Gasteiger partial charge in [0.15, 0.2) is 11.6 Å². The van der Waals surface area contributed by atoms with Gasteiger partial charge in [-0.15, -0.1) is 0 Å². The van der Waals surface area contributed by atoms with Crippen LogP contribution in [0.1, 0.15) is 94.1 Å². The first-order valence-corrected chi connectivity index (χ1v) is 15.4. The summed E-state index contributed by atoms with van der Waals surface area (Å²) in [6.45, 7) is 28.2. The molecule has 244 valence electrons. The van der Waals surface area contributed by atoms with Crippen molar-refractivity contribution in [2.45, 2.75) is 88.5 Å². The lowest BCUT2D eigenvalue weighted by atomic mass is 10.1. The van der Waals surface area contributed by atoms with Crippen molar-refractivity contribution in [3.8, 4) is 0 Å². The largest absolute Gasteiger partial charge is 0.513 e. The summed E-state index contributed by atoms with van der Waals surface area (Å²) in [6, 6.07) is 3.90. The average Bonchev–Trinajstić information content (AvgIpc) is 3.01. The number of hydrogen-bond acceptors (Lipinski definition) is 5. The van der Waals surface area contributed by atoms with Crippen LogP contribution in [0.5, 0.6) is 0 Å².